The number of halogens is 2. The van der Waals surface area contributed by atoms with E-state index in [1.54, 1.807) is 25.6 Å². The van der Waals surface area contributed by atoms with Gasteiger partial charge < -0.3 is 20.5 Å². The van der Waals surface area contributed by atoms with E-state index in [9.17, 15) is 13.6 Å². The van der Waals surface area contributed by atoms with Crippen LogP contribution in [0.25, 0.3) is 0 Å². The van der Waals surface area contributed by atoms with Crippen LogP contribution in [0.4, 0.5) is 14.5 Å². The van der Waals surface area contributed by atoms with Gasteiger partial charge in [-0.05, 0) is 25.1 Å². The lowest BCUT2D eigenvalue weighted by atomic mass is 10.0. The normalized spacial score (nSPS) is 14.0. The fourth-order valence-electron chi connectivity index (χ4n) is 2.20. The highest BCUT2D eigenvalue weighted by atomic mass is 19.1. The molecular weight excluding hydrogens is 396 g/mol. The summed E-state index contributed by atoms with van der Waals surface area (Å²) in [6, 6.07) is 4.03. The van der Waals surface area contributed by atoms with Crippen molar-refractivity contribution in [3.05, 3.63) is 47.7 Å². The van der Waals surface area contributed by atoms with Crippen LogP contribution in [0, 0.1) is 12.7 Å². The van der Waals surface area contributed by atoms with Gasteiger partial charge in [-0.25, -0.2) is 14.4 Å². The largest absolute Gasteiger partial charge is 0.480 e. The number of alkyl halides is 1. The van der Waals surface area contributed by atoms with Crippen LogP contribution in [0.1, 0.15) is 37.6 Å². The molecule has 0 bridgehead atoms. The van der Waals surface area contributed by atoms with Crippen LogP contribution in [-0.2, 0) is 9.53 Å². The number of carbonyl (C=O) groups is 1. The van der Waals surface area contributed by atoms with E-state index in [0.29, 0.717) is 43.7 Å². The first-order chi connectivity index (χ1) is 14.5. The third kappa shape index (κ3) is 9.26. The Bertz CT molecular complexity index is 774. The molecule has 1 aliphatic heterocycles. The van der Waals surface area contributed by atoms with E-state index in [1.165, 1.54) is 12.1 Å². The molecule has 2 aromatic rings. The van der Waals surface area contributed by atoms with Crippen molar-refractivity contribution < 1.29 is 23.0 Å². The molecule has 3 rings (SSSR count). The van der Waals surface area contributed by atoms with Crippen molar-refractivity contribution in [3.63, 3.8) is 0 Å². The van der Waals surface area contributed by atoms with Gasteiger partial charge >= 0.3 is 0 Å². The predicted octanol–water partition coefficient (Wildman–Crippen LogP) is 3.58. The molecule has 1 aliphatic rings. The van der Waals surface area contributed by atoms with Gasteiger partial charge in [0, 0.05) is 17.7 Å². The molecule has 166 valence electrons. The minimum Gasteiger partial charge on any atom is -0.480 e. The molecule has 0 spiro atoms. The number of hydrogen-bond acceptors (Lipinski definition) is 7. The Kier molecular flexibility index (Phi) is 13.9. The van der Waals surface area contributed by atoms with Gasteiger partial charge in [-0.1, -0.05) is 13.8 Å². The van der Waals surface area contributed by atoms with Crippen LogP contribution < -0.4 is 15.8 Å². The molecule has 2 heterocycles. The number of amides is 1. The van der Waals surface area contributed by atoms with Gasteiger partial charge in [-0.15, -0.1) is 0 Å². The lowest BCUT2D eigenvalue weighted by Crippen LogP contribution is -2.24. The number of nitrogens with zero attached hydrogens (tertiary/aromatic N) is 3. The van der Waals surface area contributed by atoms with E-state index in [0.717, 1.165) is 5.69 Å². The number of aliphatic imine (C=N–C) groups is 1. The molecule has 0 saturated carbocycles. The summed E-state index contributed by atoms with van der Waals surface area (Å²) in [5.41, 5.74) is 7.27. The maximum Gasteiger partial charge on any atom is 0.282 e. The fourth-order valence-corrected chi connectivity index (χ4v) is 2.20. The third-order valence-electron chi connectivity index (χ3n) is 3.47. The lowest BCUT2D eigenvalue weighted by Gasteiger charge is -2.20. The van der Waals surface area contributed by atoms with E-state index in [-0.39, 0.29) is 17.9 Å². The number of ether oxygens (including phenoxy) is 2. The number of nitrogens with two attached hydrogens (primary N) is 1. The summed E-state index contributed by atoms with van der Waals surface area (Å²) in [6.07, 6.45) is 4.36. The number of carbonyl (C=O) groups excluding carboxylic acids is 1. The second-order valence-corrected chi connectivity index (χ2v) is 5.32. The molecule has 0 radical (unpaired) electrons. The van der Waals surface area contributed by atoms with Crippen LogP contribution >= 0.6 is 0 Å². The van der Waals surface area contributed by atoms with E-state index >= 15 is 0 Å². The minimum absolute atomic E-state index is 0.0643. The zero-order valence-corrected chi connectivity index (χ0v) is 17.9. The minimum atomic E-state index is -0.370. The molecule has 10 heteroatoms. The highest BCUT2D eigenvalue weighted by Gasteiger charge is 2.20. The van der Waals surface area contributed by atoms with Crippen LogP contribution in [-0.4, -0.2) is 43.3 Å². The van der Waals surface area contributed by atoms with Crippen LogP contribution in [0.15, 0.2) is 35.6 Å². The number of anilines is 1. The van der Waals surface area contributed by atoms with Gasteiger partial charge in [-0.3, -0.25) is 14.2 Å². The summed E-state index contributed by atoms with van der Waals surface area (Å²) < 4.78 is 32.9. The first kappa shape index (κ1) is 26.7. The maximum atomic E-state index is 13.7. The number of nitrogens with one attached hydrogen (secondary N) is 1. The van der Waals surface area contributed by atoms with E-state index in [1.807, 2.05) is 20.8 Å². The van der Waals surface area contributed by atoms with Crippen LogP contribution in [0.5, 0.6) is 5.88 Å². The Morgan fingerprint density at radius 1 is 1.27 bits per heavy atom. The van der Waals surface area contributed by atoms with Crippen molar-refractivity contribution in [2.24, 2.45) is 10.7 Å². The second-order valence-electron chi connectivity index (χ2n) is 5.32. The number of rotatable bonds is 4. The fraction of sp³-hybridized carbons (Fsp3) is 0.400. The zero-order valence-electron chi connectivity index (χ0n) is 17.9. The molecule has 30 heavy (non-hydrogen) atoms. The topological polar surface area (TPSA) is 112 Å². The van der Waals surface area contributed by atoms with Crippen LogP contribution in [0.3, 0.4) is 0 Å². The van der Waals surface area contributed by atoms with Crippen molar-refractivity contribution in [3.8, 4) is 5.88 Å². The van der Waals surface area contributed by atoms with Gasteiger partial charge in [0.1, 0.15) is 5.82 Å². The summed E-state index contributed by atoms with van der Waals surface area (Å²) in [7, 11) is 2.07. The first-order valence-electron chi connectivity index (χ1n) is 9.19. The first-order valence-corrected chi connectivity index (χ1v) is 9.19. The summed E-state index contributed by atoms with van der Waals surface area (Å²) in [5, 5.41) is 2.47. The second kappa shape index (κ2) is 15.6. The molecule has 8 nitrogen and oxygen atoms in total. The summed E-state index contributed by atoms with van der Waals surface area (Å²) in [6.45, 7) is 6.29. The summed E-state index contributed by atoms with van der Waals surface area (Å²) in [5.74, 6) is 0.186. The van der Waals surface area contributed by atoms with Crippen LogP contribution in [0.2, 0.25) is 0 Å². The zero-order chi connectivity index (χ0) is 22.9. The number of amidine groups is 1. The van der Waals surface area contributed by atoms with E-state index in [2.05, 4.69) is 20.3 Å². The molecule has 0 aliphatic carbocycles. The van der Waals surface area contributed by atoms with Crippen molar-refractivity contribution >= 4 is 18.1 Å². The quantitative estimate of drug-likeness (QED) is 0.724. The monoisotopic (exact) mass is 425 g/mol. The Morgan fingerprint density at radius 2 is 1.97 bits per heavy atom. The molecule has 1 amide bonds. The summed E-state index contributed by atoms with van der Waals surface area (Å²) in [4.78, 5) is 22.2. The number of hydrogen-bond donors (Lipinski definition) is 2. The predicted molar refractivity (Wildman–Crippen MR) is 113 cm³/mol. The number of benzene rings is 1. The Balaban J connectivity index is 0.000000547. The SMILES string of the molecule is CC.CF.COc1cnc(C)cn1.NC1=NC(c2cc(NC=O)ccc2F)CCO1. The van der Waals surface area contributed by atoms with E-state index in [4.69, 9.17) is 15.2 Å². The maximum absolute atomic E-state index is 13.7. The number of methoxy groups -OCH3 is 1. The van der Waals surface area contributed by atoms with Crippen molar-refractivity contribution in [2.75, 3.05) is 26.2 Å². The molecule has 3 N–H and O–H groups in total. The Labute approximate surface area is 175 Å². The van der Waals surface area contributed by atoms with Gasteiger partial charge in [-0.2, -0.15) is 0 Å². The molecule has 1 aromatic heterocycles. The Morgan fingerprint density at radius 3 is 2.50 bits per heavy atom. The summed E-state index contributed by atoms with van der Waals surface area (Å²) >= 11 is 0. The average molecular weight is 425 g/mol. The highest BCUT2D eigenvalue weighted by Crippen LogP contribution is 2.28. The standard InChI is InChI=1S/C11H12FN3O2.C6H8N2O.C2H6.CH3F/c12-9-2-1-7(14-6-16)5-8(9)10-3-4-17-11(13)15-10;1-5-3-8-6(9-2)4-7-5;2*1-2/h1-2,5-6,10H,3-4H2,(H2,13,15)(H,14,16);3-4H,1-2H3;1-2H3;1H3. The smallest absolute Gasteiger partial charge is 0.282 e. The number of aromatic nitrogens is 2. The lowest BCUT2D eigenvalue weighted by molar-refractivity contribution is -0.105. The molecule has 0 saturated heterocycles. The molecule has 1 aromatic carbocycles. The third-order valence-corrected chi connectivity index (χ3v) is 3.47. The van der Waals surface area contributed by atoms with Gasteiger partial charge in [0.2, 0.25) is 12.3 Å². The van der Waals surface area contributed by atoms with E-state index < -0.39 is 0 Å². The van der Waals surface area contributed by atoms with Crippen molar-refractivity contribution in [2.45, 2.75) is 33.2 Å². The Hall–Kier alpha value is -3.30. The molecular formula is C20H29F2N5O3. The highest BCUT2D eigenvalue weighted by molar-refractivity contribution is 5.73. The van der Waals surface area contributed by atoms with Crippen molar-refractivity contribution in [1.29, 1.82) is 0 Å². The average Bonchev–Trinajstić information content (AvgIpc) is 2.79. The number of aryl methyl sites for hydroxylation is 1. The molecule has 1 unspecified atom stereocenters. The van der Waals surface area contributed by atoms with Gasteiger partial charge in [0.15, 0.2) is 0 Å². The van der Waals surface area contributed by atoms with Crippen molar-refractivity contribution in [1.82, 2.24) is 9.97 Å². The van der Waals surface area contributed by atoms with Gasteiger partial charge in [0.25, 0.3) is 6.02 Å². The van der Waals surface area contributed by atoms with Gasteiger partial charge in [0.05, 0.1) is 45.0 Å². The molecule has 0 fully saturated rings. The molecule has 1 atom stereocenters.